The van der Waals surface area contributed by atoms with E-state index in [0.29, 0.717) is 11.0 Å². The highest BCUT2D eigenvalue weighted by atomic mass is 35.5. The van der Waals surface area contributed by atoms with Crippen LogP contribution in [0.3, 0.4) is 0 Å². The Balaban J connectivity index is 2.84. The Kier molecular flexibility index (Phi) is 2.28. The Labute approximate surface area is 62.2 Å². The summed E-state index contributed by atoms with van der Waals surface area (Å²) < 4.78 is 0. The van der Waals surface area contributed by atoms with Gasteiger partial charge in [0, 0.05) is 6.20 Å². The molecule has 0 atom stereocenters. The van der Waals surface area contributed by atoms with Crippen LogP contribution in [0.4, 0.5) is 0 Å². The van der Waals surface area contributed by atoms with E-state index in [-0.39, 0.29) is 6.54 Å². The summed E-state index contributed by atoms with van der Waals surface area (Å²) in [4.78, 5) is 17.2. The lowest BCUT2D eigenvalue weighted by molar-refractivity contribution is 0.903. The average molecular weight is 158 g/mol. The molecule has 5 heteroatoms. The maximum Gasteiger partial charge on any atom is 0.154 e. The smallest absolute Gasteiger partial charge is 0.154 e. The Bertz CT molecular complexity index is 240. The van der Waals surface area contributed by atoms with Crippen LogP contribution in [-0.2, 0) is 6.54 Å². The summed E-state index contributed by atoms with van der Waals surface area (Å²) in [5.41, 5.74) is 0. The van der Waals surface area contributed by atoms with Crippen LogP contribution in [0.25, 0.3) is 0 Å². The van der Waals surface area contributed by atoms with E-state index in [1.807, 2.05) is 0 Å². The summed E-state index contributed by atoms with van der Waals surface area (Å²) in [6, 6.07) is 1.54. The second-order valence-electron chi connectivity index (χ2n) is 1.58. The SMILES string of the molecule is O=NCc1nccc(Cl)n1. The van der Waals surface area contributed by atoms with Gasteiger partial charge in [-0.25, -0.2) is 9.97 Å². The highest BCUT2D eigenvalue weighted by Gasteiger charge is 1.94. The second-order valence-corrected chi connectivity index (χ2v) is 1.97. The summed E-state index contributed by atoms with van der Waals surface area (Å²) in [5, 5.41) is 2.94. The first kappa shape index (κ1) is 7.08. The summed E-state index contributed by atoms with van der Waals surface area (Å²) in [5.74, 6) is 0.350. The van der Waals surface area contributed by atoms with Crippen LogP contribution in [0.2, 0.25) is 5.15 Å². The molecule has 0 bridgehead atoms. The zero-order valence-corrected chi connectivity index (χ0v) is 5.75. The summed E-state index contributed by atoms with van der Waals surface area (Å²) in [6.45, 7) is -0.0272. The van der Waals surface area contributed by atoms with Crippen LogP contribution in [0.1, 0.15) is 5.82 Å². The molecule has 0 spiro atoms. The molecular weight excluding hydrogens is 154 g/mol. The Hall–Kier alpha value is -1.03. The Morgan fingerprint density at radius 1 is 1.70 bits per heavy atom. The van der Waals surface area contributed by atoms with Gasteiger partial charge in [0.25, 0.3) is 0 Å². The van der Waals surface area contributed by atoms with Crippen molar-refractivity contribution in [2.45, 2.75) is 6.54 Å². The fourth-order valence-corrected chi connectivity index (χ4v) is 0.662. The molecule has 52 valence electrons. The second kappa shape index (κ2) is 3.22. The first-order valence-corrected chi connectivity index (χ1v) is 2.97. The molecule has 0 unspecified atom stereocenters. The fraction of sp³-hybridized carbons (Fsp3) is 0.200. The van der Waals surface area contributed by atoms with Crippen molar-refractivity contribution in [3.63, 3.8) is 0 Å². The molecule has 1 heterocycles. The first-order chi connectivity index (χ1) is 4.83. The van der Waals surface area contributed by atoms with Crippen LogP contribution in [0.15, 0.2) is 17.4 Å². The van der Waals surface area contributed by atoms with Crippen molar-refractivity contribution in [3.8, 4) is 0 Å². The number of hydrogen-bond donors (Lipinski definition) is 0. The molecule has 0 fully saturated rings. The predicted molar refractivity (Wildman–Crippen MR) is 36.5 cm³/mol. The molecule has 0 aliphatic rings. The predicted octanol–water partition coefficient (Wildman–Crippen LogP) is 1.40. The van der Waals surface area contributed by atoms with Crippen molar-refractivity contribution in [2.24, 2.45) is 5.18 Å². The van der Waals surface area contributed by atoms with E-state index < -0.39 is 0 Å². The molecule has 0 aliphatic carbocycles. The largest absolute Gasteiger partial charge is 0.239 e. The zero-order valence-electron chi connectivity index (χ0n) is 4.99. The van der Waals surface area contributed by atoms with Crippen molar-refractivity contribution in [1.82, 2.24) is 9.97 Å². The van der Waals surface area contributed by atoms with E-state index in [1.54, 1.807) is 0 Å². The minimum atomic E-state index is -0.0272. The monoisotopic (exact) mass is 157 g/mol. The molecule has 0 aromatic carbocycles. The van der Waals surface area contributed by atoms with Crippen molar-refractivity contribution < 1.29 is 0 Å². The highest BCUT2D eigenvalue weighted by Crippen LogP contribution is 2.02. The molecule has 1 rings (SSSR count). The number of aromatic nitrogens is 2. The van der Waals surface area contributed by atoms with E-state index in [1.165, 1.54) is 12.3 Å². The molecule has 0 N–H and O–H groups in total. The van der Waals surface area contributed by atoms with Crippen molar-refractivity contribution >= 4 is 11.6 Å². The van der Waals surface area contributed by atoms with Gasteiger partial charge in [-0.05, 0) is 6.07 Å². The summed E-state index contributed by atoms with van der Waals surface area (Å²) >= 11 is 5.49. The number of rotatable bonds is 2. The lowest BCUT2D eigenvalue weighted by atomic mass is 10.5. The minimum Gasteiger partial charge on any atom is -0.239 e. The van der Waals surface area contributed by atoms with Gasteiger partial charge in [-0.3, -0.25) is 0 Å². The average Bonchev–Trinajstić information content (AvgIpc) is 1.88. The number of halogens is 1. The van der Waals surface area contributed by atoms with Gasteiger partial charge in [-0.2, -0.15) is 4.91 Å². The van der Waals surface area contributed by atoms with E-state index >= 15 is 0 Å². The maximum atomic E-state index is 9.71. The summed E-state index contributed by atoms with van der Waals surface area (Å²) in [6.07, 6.45) is 1.48. The lowest BCUT2D eigenvalue weighted by Crippen LogP contribution is -1.90. The van der Waals surface area contributed by atoms with Gasteiger partial charge < -0.3 is 0 Å². The molecule has 10 heavy (non-hydrogen) atoms. The number of hydrogen-bond acceptors (Lipinski definition) is 4. The molecular formula is C5H4ClN3O. The zero-order chi connectivity index (χ0) is 7.40. The van der Waals surface area contributed by atoms with Crippen LogP contribution in [0, 0.1) is 4.91 Å². The molecule has 0 radical (unpaired) electrons. The topological polar surface area (TPSA) is 55.2 Å². The van der Waals surface area contributed by atoms with Gasteiger partial charge in [-0.1, -0.05) is 16.8 Å². The molecule has 0 aliphatic heterocycles. The normalized spacial score (nSPS) is 9.30. The van der Waals surface area contributed by atoms with E-state index in [2.05, 4.69) is 15.1 Å². The van der Waals surface area contributed by atoms with E-state index in [9.17, 15) is 4.91 Å². The van der Waals surface area contributed by atoms with Gasteiger partial charge in [0.2, 0.25) is 0 Å². The van der Waals surface area contributed by atoms with Gasteiger partial charge >= 0.3 is 0 Å². The van der Waals surface area contributed by atoms with Crippen molar-refractivity contribution in [1.29, 1.82) is 0 Å². The van der Waals surface area contributed by atoms with Crippen LogP contribution >= 0.6 is 11.6 Å². The maximum absolute atomic E-state index is 9.71. The minimum absolute atomic E-state index is 0.0272. The van der Waals surface area contributed by atoms with Crippen LogP contribution < -0.4 is 0 Å². The third kappa shape index (κ3) is 1.73. The quantitative estimate of drug-likeness (QED) is 0.482. The third-order valence-corrected chi connectivity index (χ3v) is 1.09. The standard InChI is InChI=1S/C5H4ClN3O/c6-4-1-2-7-5(9-4)3-8-10/h1-2H,3H2. The Morgan fingerprint density at radius 2 is 2.50 bits per heavy atom. The van der Waals surface area contributed by atoms with E-state index in [4.69, 9.17) is 11.6 Å². The van der Waals surface area contributed by atoms with Gasteiger partial charge in [0.1, 0.15) is 11.7 Å². The lowest BCUT2D eigenvalue weighted by Gasteiger charge is -1.90. The summed E-state index contributed by atoms with van der Waals surface area (Å²) in [7, 11) is 0. The molecule has 0 saturated carbocycles. The number of nitroso groups, excluding NO2 is 1. The van der Waals surface area contributed by atoms with Crippen LogP contribution in [-0.4, -0.2) is 9.97 Å². The number of nitrogens with zero attached hydrogens (tertiary/aromatic N) is 3. The van der Waals surface area contributed by atoms with E-state index in [0.717, 1.165) is 0 Å². The molecule has 4 nitrogen and oxygen atoms in total. The Morgan fingerprint density at radius 3 is 3.10 bits per heavy atom. The van der Waals surface area contributed by atoms with Crippen molar-refractivity contribution in [2.75, 3.05) is 0 Å². The highest BCUT2D eigenvalue weighted by molar-refractivity contribution is 6.29. The van der Waals surface area contributed by atoms with Crippen molar-refractivity contribution in [3.05, 3.63) is 28.1 Å². The van der Waals surface area contributed by atoms with Crippen LogP contribution in [0.5, 0.6) is 0 Å². The van der Waals surface area contributed by atoms with Gasteiger partial charge in [-0.15, -0.1) is 0 Å². The molecule has 0 amide bonds. The van der Waals surface area contributed by atoms with Gasteiger partial charge in [0.15, 0.2) is 5.82 Å². The third-order valence-electron chi connectivity index (χ3n) is 0.877. The van der Waals surface area contributed by atoms with Gasteiger partial charge in [0.05, 0.1) is 0 Å². The molecule has 1 aromatic heterocycles. The molecule has 0 saturated heterocycles. The fourth-order valence-electron chi connectivity index (χ4n) is 0.508. The molecule has 1 aromatic rings. The first-order valence-electron chi connectivity index (χ1n) is 2.59.